The Hall–Kier alpha value is -3.28. The fourth-order valence-corrected chi connectivity index (χ4v) is 2.56. The Balaban J connectivity index is 1.68. The van der Waals surface area contributed by atoms with Gasteiger partial charge in [-0.1, -0.05) is 29.8 Å². The Kier molecular flexibility index (Phi) is 5.22. The van der Waals surface area contributed by atoms with Crippen LogP contribution in [-0.4, -0.2) is 29.9 Å². The second-order valence-electron chi connectivity index (χ2n) is 5.91. The second-order valence-corrected chi connectivity index (χ2v) is 5.91. The van der Waals surface area contributed by atoms with Gasteiger partial charge in [-0.3, -0.25) is 9.48 Å². The summed E-state index contributed by atoms with van der Waals surface area (Å²) in [6, 6.07) is 15.1. The van der Waals surface area contributed by atoms with Gasteiger partial charge in [0.1, 0.15) is 0 Å². The van der Waals surface area contributed by atoms with E-state index in [9.17, 15) is 4.79 Å². The van der Waals surface area contributed by atoms with E-state index in [4.69, 9.17) is 9.47 Å². The van der Waals surface area contributed by atoms with E-state index in [-0.39, 0.29) is 5.91 Å². The summed E-state index contributed by atoms with van der Waals surface area (Å²) in [6.07, 6.45) is 1.84. The molecule has 1 aromatic heterocycles. The van der Waals surface area contributed by atoms with Crippen molar-refractivity contribution in [3.8, 4) is 11.5 Å². The predicted octanol–water partition coefficient (Wildman–Crippen LogP) is 3.51. The molecule has 0 spiro atoms. The summed E-state index contributed by atoms with van der Waals surface area (Å²) in [5, 5.41) is 7.19. The summed E-state index contributed by atoms with van der Waals surface area (Å²) >= 11 is 0. The van der Waals surface area contributed by atoms with Crippen LogP contribution in [0.1, 0.15) is 21.5 Å². The van der Waals surface area contributed by atoms with E-state index < -0.39 is 0 Å². The maximum absolute atomic E-state index is 12.4. The van der Waals surface area contributed by atoms with Crippen molar-refractivity contribution in [2.45, 2.75) is 13.5 Å². The van der Waals surface area contributed by atoms with Crippen LogP contribution in [0.3, 0.4) is 0 Å². The SMILES string of the molecule is COc1ccc(C(=O)Nc2ccn(Cc3ccc(C)cc3)n2)cc1OC. The van der Waals surface area contributed by atoms with E-state index in [1.54, 1.807) is 36.1 Å². The topological polar surface area (TPSA) is 65.4 Å². The first-order valence-electron chi connectivity index (χ1n) is 8.21. The van der Waals surface area contributed by atoms with Gasteiger partial charge in [0.2, 0.25) is 0 Å². The van der Waals surface area contributed by atoms with Gasteiger partial charge in [0, 0.05) is 17.8 Å². The van der Waals surface area contributed by atoms with Crippen LogP contribution in [0, 0.1) is 6.92 Å². The van der Waals surface area contributed by atoms with Crippen molar-refractivity contribution in [3.05, 3.63) is 71.4 Å². The molecule has 2 aromatic carbocycles. The number of ether oxygens (including phenoxy) is 2. The monoisotopic (exact) mass is 351 g/mol. The van der Waals surface area contributed by atoms with Gasteiger partial charge in [0.25, 0.3) is 5.91 Å². The molecule has 0 aliphatic rings. The summed E-state index contributed by atoms with van der Waals surface area (Å²) in [7, 11) is 3.09. The van der Waals surface area contributed by atoms with E-state index in [1.807, 2.05) is 6.20 Å². The third-order valence-electron chi connectivity index (χ3n) is 3.99. The van der Waals surface area contributed by atoms with Crippen LogP contribution in [0.15, 0.2) is 54.7 Å². The van der Waals surface area contributed by atoms with E-state index in [0.717, 1.165) is 5.56 Å². The number of amides is 1. The normalized spacial score (nSPS) is 10.4. The number of hydrogen-bond acceptors (Lipinski definition) is 4. The number of carbonyl (C=O) groups excluding carboxylic acids is 1. The lowest BCUT2D eigenvalue weighted by Gasteiger charge is -2.09. The minimum absolute atomic E-state index is 0.258. The molecule has 0 saturated heterocycles. The van der Waals surface area contributed by atoms with Crippen LogP contribution < -0.4 is 14.8 Å². The predicted molar refractivity (Wildman–Crippen MR) is 100 cm³/mol. The lowest BCUT2D eigenvalue weighted by atomic mass is 10.1. The number of aromatic nitrogens is 2. The zero-order chi connectivity index (χ0) is 18.5. The summed E-state index contributed by atoms with van der Waals surface area (Å²) in [6.45, 7) is 2.70. The van der Waals surface area contributed by atoms with Gasteiger partial charge < -0.3 is 14.8 Å². The molecule has 0 aliphatic carbocycles. The zero-order valence-electron chi connectivity index (χ0n) is 15.0. The molecule has 6 heteroatoms. The highest BCUT2D eigenvalue weighted by Gasteiger charge is 2.12. The summed E-state index contributed by atoms with van der Waals surface area (Å²) in [5.74, 6) is 1.32. The Bertz CT molecular complexity index is 901. The van der Waals surface area contributed by atoms with Crippen molar-refractivity contribution in [3.63, 3.8) is 0 Å². The molecular formula is C20H21N3O3. The summed E-state index contributed by atoms with van der Waals surface area (Å²) in [5.41, 5.74) is 2.84. The molecule has 0 aliphatic heterocycles. The molecule has 26 heavy (non-hydrogen) atoms. The molecule has 1 amide bonds. The highest BCUT2D eigenvalue weighted by atomic mass is 16.5. The van der Waals surface area contributed by atoms with Crippen molar-refractivity contribution >= 4 is 11.7 Å². The molecule has 0 atom stereocenters. The highest BCUT2D eigenvalue weighted by Crippen LogP contribution is 2.27. The third-order valence-corrected chi connectivity index (χ3v) is 3.99. The molecule has 3 aromatic rings. The quantitative estimate of drug-likeness (QED) is 0.738. The number of methoxy groups -OCH3 is 2. The maximum atomic E-state index is 12.4. The van der Waals surface area contributed by atoms with E-state index >= 15 is 0 Å². The van der Waals surface area contributed by atoms with Gasteiger partial charge in [-0.25, -0.2) is 0 Å². The third kappa shape index (κ3) is 4.03. The van der Waals surface area contributed by atoms with Crippen LogP contribution in [-0.2, 0) is 6.54 Å². The van der Waals surface area contributed by atoms with Crippen LogP contribution in [0.5, 0.6) is 11.5 Å². The van der Waals surface area contributed by atoms with Gasteiger partial charge in [0.05, 0.1) is 20.8 Å². The van der Waals surface area contributed by atoms with Gasteiger partial charge >= 0.3 is 0 Å². The van der Waals surface area contributed by atoms with Gasteiger partial charge in [-0.2, -0.15) is 5.10 Å². The molecule has 0 radical (unpaired) electrons. The number of benzene rings is 2. The molecule has 1 N–H and O–H groups in total. The molecular weight excluding hydrogens is 330 g/mol. The number of aryl methyl sites for hydroxylation is 1. The Morgan fingerprint density at radius 3 is 2.46 bits per heavy atom. The summed E-state index contributed by atoms with van der Waals surface area (Å²) < 4.78 is 12.2. The van der Waals surface area contributed by atoms with Crippen molar-refractivity contribution in [2.24, 2.45) is 0 Å². The fourth-order valence-electron chi connectivity index (χ4n) is 2.56. The van der Waals surface area contributed by atoms with Gasteiger partial charge in [-0.05, 0) is 30.7 Å². The van der Waals surface area contributed by atoms with Crippen molar-refractivity contribution < 1.29 is 14.3 Å². The van der Waals surface area contributed by atoms with Crippen LogP contribution >= 0.6 is 0 Å². The van der Waals surface area contributed by atoms with Crippen LogP contribution in [0.4, 0.5) is 5.82 Å². The minimum atomic E-state index is -0.258. The number of carbonyl (C=O) groups is 1. The Morgan fingerprint density at radius 1 is 1.04 bits per heavy atom. The molecule has 0 unspecified atom stereocenters. The number of anilines is 1. The first-order valence-corrected chi connectivity index (χ1v) is 8.21. The molecule has 6 nitrogen and oxygen atoms in total. The van der Waals surface area contributed by atoms with E-state index in [1.165, 1.54) is 12.7 Å². The zero-order valence-corrected chi connectivity index (χ0v) is 15.0. The smallest absolute Gasteiger partial charge is 0.257 e. The largest absolute Gasteiger partial charge is 0.493 e. The number of nitrogens with zero attached hydrogens (tertiary/aromatic N) is 2. The molecule has 0 saturated carbocycles. The first-order chi connectivity index (χ1) is 12.6. The highest BCUT2D eigenvalue weighted by molar-refractivity contribution is 6.04. The minimum Gasteiger partial charge on any atom is -0.493 e. The summed E-state index contributed by atoms with van der Waals surface area (Å²) in [4.78, 5) is 12.4. The van der Waals surface area contributed by atoms with Gasteiger partial charge in [0.15, 0.2) is 17.3 Å². The average molecular weight is 351 g/mol. The molecule has 0 bridgehead atoms. The van der Waals surface area contributed by atoms with Crippen LogP contribution in [0.25, 0.3) is 0 Å². The Morgan fingerprint density at radius 2 is 1.77 bits per heavy atom. The molecule has 134 valence electrons. The fraction of sp³-hybridized carbons (Fsp3) is 0.200. The van der Waals surface area contributed by atoms with E-state index in [2.05, 4.69) is 41.6 Å². The van der Waals surface area contributed by atoms with Crippen LogP contribution in [0.2, 0.25) is 0 Å². The molecule has 3 rings (SSSR count). The van der Waals surface area contributed by atoms with Crippen molar-refractivity contribution in [1.29, 1.82) is 0 Å². The second kappa shape index (κ2) is 7.74. The van der Waals surface area contributed by atoms with E-state index in [0.29, 0.717) is 29.4 Å². The van der Waals surface area contributed by atoms with Crippen molar-refractivity contribution in [2.75, 3.05) is 19.5 Å². The van der Waals surface area contributed by atoms with Crippen molar-refractivity contribution in [1.82, 2.24) is 9.78 Å². The maximum Gasteiger partial charge on any atom is 0.257 e. The number of nitrogens with one attached hydrogen (secondary N) is 1. The standard InChI is InChI=1S/C20H21N3O3/c1-14-4-6-15(7-5-14)13-23-11-10-19(22-23)21-20(24)16-8-9-17(25-2)18(12-16)26-3/h4-12H,13H2,1-3H3,(H,21,22,24). The Labute approximate surface area is 152 Å². The number of hydrogen-bond donors (Lipinski definition) is 1. The molecule has 0 fully saturated rings. The lowest BCUT2D eigenvalue weighted by Crippen LogP contribution is -2.13. The molecule has 1 heterocycles. The average Bonchev–Trinajstić information content (AvgIpc) is 3.09. The first kappa shape index (κ1) is 17.5. The lowest BCUT2D eigenvalue weighted by molar-refractivity contribution is 0.102. The van der Waals surface area contributed by atoms with Gasteiger partial charge in [-0.15, -0.1) is 0 Å². The number of rotatable bonds is 6.